The zero-order valence-electron chi connectivity index (χ0n) is 18.4. The summed E-state index contributed by atoms with van der Waals surface area (Å²) in [5, 5.41) is 5.18. The largest absolute Gasteiger partial charge is 0.499 e. The van der Waals surface area contributed by atoms with Crippen LogP contribution in [0.25, 0.3) is 44.2 Å². The van der Waals surface area contributed by atoms with E-state index in [2.05, 4.69) is 74.5 Å². The first kappa shape index (κ1) is 26.9. The third kappa shape index (κ3) is 5.27. The van der Waals surface area contributed by atoms with E-state index in [1.54, 1.807) is 12.5 Å². The number of hydrogen-bond acceptors (Lipinski definition) is 2. The van der Waals surface area contributed by atoms with Crippen molar-refractivity contribution in [3.05, 3.63) is 109 Å². The van der Waals surface area contributed by atoms with Gasteiger partial charge in [-0.2, -0.15) is 0 Å². The summed E-state index contributed by atoms with van der Waals surface area (Å²) in [6, 6.07) is 29.1. The monoisotopic (exact) mass is 642 g/mol. The molecule has 6 aromatic rings. The fourth-order valence-corrected chi connectivity index (χ4v) is 4.12. The van der Waals surface area contributed by atoms with Crippen LogP contribution in [-0.4, -0.2) is 0 Å². The summed E-state index contributed by atoms with van der Waals surface area (Å²) in [7, 11) is 0. The molecule has 2 heterocycles. The molecule has 0 spiro atoms. The first-order valence-corrected chi connectivity index (χ1v) is 10.1. The Bertz CT molecular complexity index is 1300. The molecule has 0 saturated carbocycles. The van der Waals surface area contributed by atoms with Gasteiger partial charge in [-0.1, -0.05) is 73.5 Å². The maximum atomic E-state index is 5.43. The third-order valence-electron chi connectivity index (χ3n) is 5.71. The third-order valence-corrected chi connectivity index (χ3v) is 5.71. The second-order valence-corrected chi connectivity index (χ2v) is 7.50. The molecule has 0 aliphatic rings. The minimum Gasteiger partial charge on any atom is -0.499 e. The Morgan fingerprint density at radius 2 is 0.939 bits per heavy atom. The van der Waals surface area contributed by atoms with E-state index < -0.39 is 0 Å². The van der Waals surface area contributed by atoms with Crippen LogP contribution < -0.4 is 0 Å². The Labute approximate surface area is 224 Å². The van der Waals surface area contributed by atoms with Gasteiger partial charge in [0, 0.05) is 25.8 Å². The molecule has 0 bridgehead atoms. The van der Waals surface area contributed by atoms with E-state index in [0.717, 1.165) is 11.5 Å². The number of rotatable bonds is 2. The van der Waals surface area contributed by atoms with E-state index in [1.807, 2.05) is 24.3 Å². The smallest absolute Gasteiger partial charge is 0.0796 e. The van der Waals surface area contributed by atoms with Crippen molar-refractivity contribution >= 4 is 46.4 Å². The quantitative estimate of drug-likeness (QED) is 0.139. The SMILES string of the molecule is C[c-]1c(-c2ccco2)cc2ccccc21.C[c-]1c(-c2ccco2)cc2ccccc21.Cl.Cl.[Hf]. The van der Waals surface area contributed by atoms with Crippen LogP contribution >= 0.6 is 24.8 Å². The molecule has 4 aromatic carbocycles. The molecule has 6 rings (SSSR count). The number of aryl methyl sites for hydroxylation is 2. The number of halogens is 2. The summed E-state index contributed by atoms with van der Waals surface area (Å²) < 4.78 is 10.9. The minimum atomic E-state index is 0. The Morgan fingerprint density at radius 3 is 1.27 bits per heavy atom. The van der Waals surface area contributed by atoms with Crippen LogP contribution in [0.1, 0.15) is 11.1 Å². The predicted octanol–water partition coefficient (Wildman–Crippen LogP) is 9.10. The van der Waals surface area contributed by atoms with Crippen molar-refractivity contribution in [3.63, 3.8) is 0 Å². The van der Waals surface area contributed by atoms with Crippen molar-refractivity contribution in [1.29, 1.82) is 0 Å². The van der Waals surface area contributed by atoms with Gasteiger partial charge in [-0.25, -0.2) is 0 Å². The summed E-state index contributed by atoms with van der Waals surface area (Å²) in [5.41, 5.74) is 4.98. The molecule has 2 nitrogen and oxygen atoms in total. The van der Waals surface area contributed by atoms with Crippen LogP contribution in [0.4, 0.5) is 0 Å². The van der Waals surface area contributed by atoms with Crippen molar-refractivity contribution in [2.45, 2.75) is 13.8 Å². The van der Waals surface area contributed by atoms with Crippen LogP contribution in [0.2, 0.25) is 0 Å². The molecule has 2 aromatic heterocycles. The Kier molecular flexibility index (Phi) is 9.54. The molecule has 0 saturated heterocycles. The van der Waals surface area contributed by atoms with Crippen LogP contribution in [0.15, 0.2) is 106 Å². The molecule has 0 aliphatic carbocycles. The molecule has 0 amide bonds. The maximum Gasteiger partial charge on any atom is 0.0796 e. The average Bonchev–Trinajstić information content (AvgIpc) is 3.56. The van der Waals surface area contributed by atoms with Crippen LogP contribution in [0.3, 0.4) is 0 Å². The van der Waals surface area contributed by atoms with E-state index >= 15 is 0 Å². The van der Waals surface area contributed by atoms with E-state index in [9.17, 15) is 0 Å². The van der Waals surface area contributed by atoms with E-state index in [4.69, 9.17) is 8.83 Å². The molecule has 0 aliphatic heterocycles. The van der Waals surface area contributed by atoms with Gasteiger partial charge in [0.15, 0.2) is 0 Å². The molecule has 0 atom stereocenters. The molecular weight excluding hydrogens is 618 g/mol. The zero-order chi connectivity index (χ0) is 20.5. The average molecular weight is 642 g/mol. The van der Waals surface area contributed by atoms with Crippen molar-refractivity contribution < 1.29 is 34.7 Å². The number of fused-ring (bicyclic) bond motifs is 2. The van der Waals surface area contributed by atoms with Gasteiger partial charge in [-0.3, -0.25) is 0 Å². The summed E-state index contributed by atoms with van der Waals surface area (Å²) in [4.78, 5) is 0. The van der Waals surface area contributed by atoms with Crippen molar-refractivity contribution in [2.24, 2.45) is 0 Å². The fourth-order valence-electron chi connectivity index (χ4n) is 4.12. The molecular formula is C28H24Cl2HfO2-2. The summed E-state index contributed by atoms with van der Waals surface area (Å²) in [6.07, 6.45) is 3.43. The van der Waals surface area contributed by atoms with Crippen molar-refractivity contribution in [3.8, 4) is 22.6 Å². The first-order valence-electron chi connectivity index (χ1n) is 10.1. The van der Waals surface area contributed by atoms with Crippen LogP contribution in [-0.2, 0) is 25.8 Å². The second-order valence-electron chi connectivity index (χ2n) is 7.50. The molecule has 5 heteroatoms. The molecule has 0 radical (unpaired) electrons. The van der Waals surface area contributed by atoms with Gasteiger partial charge < -0.3 is 8.83 Å². The molecule has 0 N–H and O–H groups in total. The number of benzene rings is 2. The zero-order valence-corrected chi connectivity index (χ0v) is 23.6. The minimum absolute atomic E-state index is 0. The van der Waals surface area contributed by atoms with Gasteiger partial charge in [0.05, 0.1) is 24.0 Å². The van der Waals surface area contributed by atoms with Crippen LogP contribution in [0.5, 0.6) is 0 Å². The molecule has 168 valence electrons. The van der Waals surface area contributed by atoms with Gasteiger partial charge >= 0.3 is 0 Å². The summed E-state index contributed by atoms with van der Waals surface area (Å²) in [6.45, 7) is 4.28. The van der Waals surface area contributed by atoms with E-state index in [-0.39, 0.29) is 50.7 Å². The van der Waals surface area contributed by atoms with Gasteiger partial charge in [-0.05, 0) is 12.1 Å². The number of hydrogen-bond donors (Lipinski definition) is 0. The molecule has 0 unspecified atom stereocenters. The Balaban J connectivity index is 0.000000214. The standard InChI is InChI=1S/2C14H11O.2ClH.Hf/c2*1-10-12-6-3-2-5-11(12)9-13(10)14-7-4-8-15-14;;;/h2*2-9H,1H3;2*1H;/q2*-1;;;. The Hall–Kier alpha value is -2.33. The number of furan rings is 2. The molecule has 33 heavy (non-hydrogen) atoms. The Morgan fingerprint density at radius 1 is 0.545 bits per heavy atom. The van der Waals surface area contributed by atoms with E-state index in [1.165, 1.54) is 43.8 Å². The van der Waals surface area contributed by atoms with Crippen molar-refractivity contribution in [1.82, 2.24) is 0 Å². The van der Waals surface area contributed by atoms with Gasteiger partial charge in [0.25, 0.3) is 0 Å². The van der Waals surface area contributed by atoms with Gasteiger partial charge in [0.1, 0.15) is 0 Å². The normalized spacial score (nSPS) is 10.0. The van der Waals surface area contributed by atoms with Crippen molar-refractivity contribution in [2.75, 3.05) is 0 Å². The molecule has 0 fully saturated rings. The van der Waals surface area contributed by atoms with Gasteiger partial charge in [0.2, 0.25) is 0 Å². The van der Waals surface area contributed by atoms with E-state index in [0.29, 0.717) is 0 Å². The summed E-state index contributed by atoms with van der Waals surface area (Å²) in [5.74, 6) is 1.90. The van der Waals surface area contributed by atoms with Crippen LogP contribution in [0, 0.1) is 13.8 Å². The summed E-state index contributed by atoms with van der Waals surface area (Å²) >= 11 is 0. The second kappa shape index (κ2) is 11.7. The fraction of sp³-hybridized carbons (Fsp3) is 0.0714. The van der Waals surface area contributed by atoms with Gasteiger partial charge in [-0.15, -0.1) is 81.8 Å². The predicted molar refractivity (Wildman–Crippen MR) is 138 cm³/mol. The maximum absolute atomic E-state index is 5.43. The topological polar surface area (TPSA) is 26.3 Å². The first-order chi connectivity index (χ1) is 14.7.